The Balaban J connectivity index is 2.01. The first-order valence-electron chi connectivity index (χ1n) is 8.63. The Hall–Kier alpha value is -3.60. The molecule has 0 atom stereocenters. The second kappa shape index (κ2) is 7.34. The molecule has 0 saturated heterocycles. The van der Waals surface area contributed by atoms with Gasteiger partial charge in [-0.05, 0) is 37.3 Å². The molecule has 154 valence electrons. The average molecular weight is 431 g/mol. The summed E-state index contributed by atoms with van der Waals surface area (Å²) in [6.45, 7) is 1.22. The smallest absolute Gasteiger partial charge is 0.286 e. The van der Waals surface area contributed by atoms with E-state index in [0.29, 0.717) is 11.0 Å². The minimum atomic E-state index is -4.38. The molecule has 0 aliphatic carbocycles. The molecule has 0 bridgehead atoms. The van der Waals surface area contributed by atoms with Gasteiger partial charge in [0.15, 0.2) is 16.5 Å². The molecule has 8 nitrogen and oxygen atoms in total. The van der Waals surface area contributed by atoms with E-state index >= 15 is 4.39 Å². The van der Waals surface area contributed by atoms with Gasteiger partial charge in [-0.2, -0.15) is 8.42 Å². The highest BCUT2D eigenvalue weighted by Gasteiger charge is 2.31. The molecule has 4 rings (SSSR count). The van der Waals surface area contributed by atoms with Crippen LogP contribution in [-0.4, -0.2) is 35.7 Å². The number of hydrogen-bond donors (Lipinski definition) is 1. The summed E-state index contributed by atoms with van der Waals surface area (Å²) in [5.74, 6) is -1.63. The molecule has 0 unspecified atom stereocenters. The lowest BCUT2D eigenvalue weighted by Gasteiger charge is -2.25. The monoisotopic (exact) mass is 431 g/mol. The minimum absolute atomic E-state index is 0.00207. The average Bonchev–Trinajstić information content (AvgIpc) is 3.17. The summed E-state index contributed by atoms with van der Waals surface area (Å²) in [4.78, 5) is 8.04. The predicted molar refractivity (Wildman–Crippen MR) is 105 cm³/mol. The highest BCUT2D eigenvalue weighted by Crippen LogP contribution is 2.37. The zero-order valence-electron chi connectivity index (χ0n) is 15.8. The molecule has 0 spiro atoms. The standard InChI is InChI=1S/C19H15F2N5O3S/c1-11-14(20)6-7-15(17(11)21)26(30(27,28)16-5-3-4-8-22-16)12-9-13-18(23-10-12)24-25-19(13)29-2/h3-10H,1-2H3,(H,23,24,25). The summed E-state index contributed by atoms with van der Waals surface area (Å²) in [6, 6.07) is 7.80. The summed E-state index contributed by atoms with van der Waals surface area (Å²) in [5, 5.41) is 6.66. The van der Waals surface area contributed by atoms with Gasteiger partial charge in [0.25, 0.3) is 10.0 Å². The van der Waals surface area contributed by atoms with E-state index in [-0.39, 0.29) is 27.8 Å². The van der Waals surface area contributed by atoms with Gasteiger partial charge in [0.1, 0.15) is 5.82 Å². The third-order valence-electron chi connectivity index (χ3n) is 4.46. The van der Waals surface area contributed by atoms with Crippen molar-refractivity contribution in [2.24, 2.45) is 0 Å². The number of halogens is 2. The Labute approximate surface area is 170 Å². The van der Waals surface area contributed by atoms with E-state index in [9.17, 15) is 12.8 Å². The SMILES string of the molecule is COc1n[nH]c2ncc(N(c3ccc(F)c(C)c3F)S(=O)(=O)c3ccccn3)cc12. The van der Waals surface area contributed by atoms with Crippen LogP contribution in [0.2, 0.25) is 0 Å². The lowest BCUT2D eigenvalue weighted by Crippen LogP contribution is -2.28. The maximum Gasteiger partial charge on any atom is 0.286 e. The van der Waals surface area contributed by atoms with E-state index in [4.69, 9.17) is 4.74 Å². The molecule has 4 aromatic rings. The van der Waals surface area contributed by atoms with E-state index in [1.807, 2.05) is 0 Å². The number of anilines is 2. The number of ether oxygens (including phenoxy) is 1. The van der Waals surface area contributed by atoms with Gasteiger partial charge < -0.3 is 4.74 Å². The number of hydrogen-bond acceptors (Lipinski definition) is 6. The fourth-order valence-electron chi connectivity index (χ4n) is 2.94. The quantitative estimate of drug-likeness (QED) is 0.519. The highest BCUT2D eigenvalue weighted by molar-refractivity contribution is 7.93. The van der Waals surface area contributed by atoms with E-state index < -0.39 is 21.7 Å². The number of sulfonamides is 1. The number of aromatic nitrogens is 4. The van der Waals surface area contributed by atoms with Gasteiger partial charge in [-0.15, -0.1) is 5.10 Å². The van der Waals surface area contributed by atoms with E-state index in [2.05, 4.69) is 20.2 Å². The van der Waals surface area contributed by atoms with Crippen molar-refractivity contribution in [3.05, 3.63) is 66.0 Å². The molecule has 1 N–H and O–H groups in total. The summed E-state index contributed by atoms with van der Waals surface area (Å²) in [6.07, 6.45) is 2.54. The van der Waals surface area contributed by atoms with Gasteiger partial charge in [-0.25, -0.2) is 23.1 Å². The zero-order valence-corrected chi connectivity index (χ0v) is 16.6. The van der Waals surface area contributed by atoms with Gasteiger partial charge in [-0.3, -0.25) is 5.10 Å². The second-order valence-electron chi connectivity index (χ2n) is 6.27. The van der Waals surface area contributed by atoms with Crippen LogP contribution >= 0.6 is 0 Å². The van der Waals surface area contributed by atoms with Gasteiger partial charge >= 0.3 is 0 Å². The minimum Gasteiger partial charge on any atom is -0.479 e. The second-order valence-corrected chi connectivity index (χ2v) is 8.00. The topological polar surface area (TPSA) is 101 Å². The summed E-state index contributed by atoms with van der Waals surface area (Å²) in [5.41, 5.74) is -0.342. The predicted octanol–water partition coefficient (Wildman–Crippen LogP) is 3.48. The summed E-state index contributed by atoms with van der Waals surface area (Å²) in [7, 11) is -2.99. The first-order valence-corrected chi connectivity index (χ1v) is 10.1. The molecule has 3 aromatic heterocycles. The van der Waals surface area contributed by atoms with Crippen molar-refractivity contribution in [2.45, 2.75) is 11.9 Å². The molecule has 0 amide bonds. The van der Waals surface area contributed by atoms with Gasteiger partial charge in [-0.1, -0.05) is 6.07 Å². The molecule has 30 heavy (non-hydrogen) atoms. The van der Waals surface area contributed by atoms with Crippen LogP contribution in [0.4, 0.5) is 20.2 Å². The number of rotatable bonds is 5. The van der Waals surface area contributed by atoms with Gasteiger partial charge in [0.05, 0.1) is 30.1 Å². The third-order valence-corrected chi connectivity index (χ3v) is 6.11. The van der Waals surface area contributed by atoms with Crippen molar-refractivity contribution in [3.63, 3.8) is 0 Å². The molecular formula is C19H15F2N5O3S. The molecule has 0 aliphatic rings. The van der Waals surface area contributed by atoms with Crippen LogP contribution in [-0.2, 0) is 10.0 Å². The van der Waals surface area contributed by atoms with E-state index in [1.54, 1.807) is 6.07 Å². The Kier molecular flexibility index (Phi) is 4.82. The number of pyridine rings is 2. The van der Waals surface area contributed by atoms with Crippen LogP contribution in [0.3, 0.4) is 0 Å². The number of nitrogens with zero attached hydrogens (tertiary/aromatic N) is 4. The van der Waals surface area contributed by atoms with Crippen LogP contribution in [0.1, 0.15) is 5.56 Å². The van der Waals surface area contributed by atoms with Crippen LogP contribution in [0.5, 0.6) is 5.88 Å². The number of methoxy groups -OCH3 is 1. The lowest BCUT2D eigenvalue weighted by atomic mass is 10.2. The van der Waals surface area contributed by atoms with Crippen LogP contribution in [0, 0.1) is 18.6 Å². The number of H-pyrrole nitrogens is 1. The van der Waals surface area contributed by atoms with Gasteiger partial charge in [0.2, 0.25) is 5.88 Å². The third kappa shape index (κ3) is 3.12. The number of nitrogens with one attached hydrogen (secondary N) is 1. The fraction of sp³-hybridized carbons (Fsp3) is 0.105. The molecule has 0 radical (unpaired) electrons. The molecule has 1 aromatic carbocycles. The Morgan fingerprint density at radius 1 is 1.13 bits per heavy atom. The Bertz CT molecular complexity index is 1340. The highest BCUT2D eigenvalue weighted by atomic mass is 32.2. The lowest BCUT2D eigenvalue weighted by molar-refractivity contribution is 0.401. The van der Waals surface area contributed by atoms with Crippen molar-refractivity contribution in [2.75, 3.05) is 11.4 Å². The molecule has 3 heterocycles. The molecule has 0 saturated carbocycles. The number of aromatic amines is 1. The van der Waals surface area contributed by atoms with E-state index in [0.717, 1.165) is 16.4 Å². The van der Waals surface area contributed by atoms with Crippen molar-refractivity contribution >= 4 is 32.4 Å². The van der Waals surface area contributed by atoms with Crippen LogP contribution in [0.25, 0.3) is 11.0 Å². The number of fused-ring (bicyclic) bond motifs is 1. The number of benzene rings is 1. The molecule has 0 fully saturated rings. The molecule has 11 heteroatoms. The zero-order chi connectivity index (χ0) is 21.5. The van der Waals surface area contributed by atoms with Gasteiger partial charge in [0, 0.05) is 11.8 Å². The maximum absolute atomic E-state index is 15.0. The van der Waals surface area contributed by atoms with Crippen molar-refractivity contribution in [1.29, 1.82) is 0 Å². The molecule has 0 aliphatic heterocycles. The summed E-state index contributed by atoms with van der Waals surface area (Å²) >= 11 is 0. The van der Waals surface area contributed by atoms with Crippen molar-refractivity contribution in [3.8, 4) is 5.88 Å². The Morgan fingerprint density at radius 2 is 1.93 bits per heavy atom. The van der Waals surface area contributed by atoms with Crippen LogP contribution < -0.4 is 9.04 Å². The first-order chi connectivity index (χ1) is 14.3. The largest absolute Gasteiger partial charge is 0.479 e. The van der Waals surface area contributed by atoms with E-state index in [1.165, 1.54) is 44.6 Å². The normalized spacial score (nSPS) is 11.6. The first kappa shape index (κ1) is 19.7. The van der Waals surface area contributed by atoms with Crippen molar-refractivity contribution in [1.82, 2.24) is 20.2 Å². The maximum atomic E-state index is 15.0. The van der Waals surface area contributed by atoms with Crippen LogP contribution in [0.15, 0.2) is 53.8 Å². The molecular weight excluding hydrogens is 416 g/mol. The Morgan fingerprint density at radius 3 is 2.63 bits per heavy atom. The fourth-order valence-corrected chi connectivity index (χ4v) is 4.35. The van der Waals surface area contributed by atoms with Crippen molar-refractivity contribution < 1.29 is 21.9 Å². The summed E-state index contributed by atoms with van der Waals surface area (Å²) < 4.78 is 61.6.